The van der Waals surface area contributed by atoms with Crippen molar-refractivity contribution >= 4 is 11.6 Å². The highest BCUT2D eigenvalue weighted by molar-refractivity contribution is 5.94. The minimum Gasteiger partial charge on any atom is -0.383 e. The van der Waals surface area contributed by atoms with Crippen LogP contribution in [-0.4, -0.2) is 35.4 Å². The summed E-state index contributed by atoms with van der Waals surface area (Å²) < 4.78 is 0. The number of rotatable bonds is 5. The Labute approximate surface area is 137 Å². The van der Waals surface area contributed by atoms with Gasteiger partial charge in [-0.2, -0.15) is 0 Å². The molecule has 0 radical (unpaired) electrons. The van der Waals surface area contributed by atoms with Gasteiger partial charge in [0, 0.05) is 32.0 Å². The predicted molar refractivity (Wildman–Crippen MR) is 92.6 cm³/mol. The number of likely N-dealkylation sites (tertiary alicyclic amines) is 1. The zero-order valence-electron chi connectivity index (χ0n) is 13.4. The molecule has 4 heteroatoms. The molecule has 0 unspecified atom stereocenters. The Morgan fingerprint density at radius 3 is 2.65 bits per heavy atom. The summed E-state index contributed by atoms with van der Waals surface area (Å²) in [6.07, 6.45) is 7.83. The molecule has 1 amide bonds. The number of pyridine rings is 1. The van der Waals surface area contributed by atoms with Crippen LogP contribution in [0.5, 0.6) is 0 Å². The number of benzene rings is 1. The van der Waals surface area contributed by atoms with E-state index in [9.17, 15) is 4.79 Å². The number of nitrogens with one attached hydrogen (secondary N) is 1. The summed E-state index contributed by atoms with van der Waals surface area (Å²) in [7, 11) is 0. The molecule has 1 fully saturated rings. The second-order valence-corrected chi connectivity index (χ2v) is 5.98. The predicted octanol–water partition coefficient (Wildman–Crippen LogP) is 3.36. The first-order chi connectivity index (χ1) is 11.3. The first-order valence-corrected chi connectivity index (χ1v) is 8.35. The van der Waals surface area contributed by atoms with Crippen molar-refractivity contribution in [2.24, 2.45) is 0 Å². The second-order valence-electron chi connectivity index (χ2n) is 5.98. The second kappa shape index (κ2) is 7.77. The molecule has 4 nitrogen and oxygen atoms in total. The van der Waals surface area contributed by atoms with Crippen LogP contribution in [0, 0.1) is 0 Å². The average Bonchev–Trinajstić information content (AvgIpc) is 2.63. The smallest absolute Gasteiger partial charge is 0.255 e. The summed E-state index contributed by atoms with van der Waals surface area (Å²) in [5.74, 6) is 0.101. The third-order valence-electron chi connectivity index (χ3n) is 4.21. The summed E-state index contributed by atoms with van der Waals surface area (Å²) >= 11 is 0. The summed E-state index contributed by atoms with van der Waals surface area (Å²) in [6, 6.07) is 12.3. The average molecular weight is 309 g/mol. The van der Waals surface area contributed by atoms with Gasteiger partial charge in [-0.15, -0.1) is 0 Å². The lowest BCUT2D eigenvalue weighted by Gasteiger charge is -2.26. The number of hydrogen-bond acceptors (Lipinski definition) is 3. The van der Waals surface area contributed by atoms with E-state index in [-0.39, 0.29) is 5.91 Å². The van der Waals surface area contributed by atoms with Gasteiger partial charge >= 0.3 is 0 Å². The molecule has 3 rings (SSSR count). The number of amides is 1. The third-order valence-corrected chi connectivity index (χ3v) is 4.21. The molecule has 1 aromatic carbocycles. The highest BCUT2D eigenvalue weighted by atomic mass is 16.2. The number of aromatic nitrogens is 1. The number of carbonyl (C=O) groups excluding carboxylic acids is 1. The van der Waals surface area contributed by atoms with Gasteiger partial charge in [0.25, 0.3) is 5.91 Å². The molecular weight excluding hydrogens is 286 g/mol. The van der Waals surface area contributed by atoms with Gasteiger partial charge in [0.05, 0.1) is 11.3 Å². The number of anilines is 1. The number of piperidine rings is 1. The fourth-order valence-electron chi connectivity index (χ4n) is 2.93. The van der Waals surface area contributed by atoms with Crippen LogP contribution in [-0.2, 0) is 6.42 Å². The van der Waals surface area contributed by atoms with Crippen molar-refractivity contribution < 1.29 is 4.79 Å². The van der Waals surface area contributed by atoms with Gasteiger partial charge in [0.1, 0.15) is 0 Å². The van der Waals surface area contributed by atoms with E-state index in [0.29, 0.717) is 5.56 Å². The van der Waals surface area contributed by atoms with Gasteiger partial charge in [-0.3, -0.25) is 9.78 Å². The monoisotopic (exact) mass is 309 g/mol. The SMILES string of the molecule is O=C(c1cncc(NCCc2ccccc2)c1)N1CCCCC1. The molecule has 120 valence electrons. The number of hydrogen-bond donors (Lipinski definition) is 1. The standard InChI is InChI=1S/C19H23N3O/c23-19(22-11-5-2-6-12-22)17-13-18(15-20-14-17)21-10-9-16-7-3-1-4-8-16/h1,3-4,7-8,13-15,21H,2,5-6,9-12H2. The fourth-order valence-corrected chi connectivity index (χ4v) is 2.93. The summed E-state index contributed by atoms with van der Waals surface area (Å²) in [6.45, 7) is 2.56. The maximum Gasteiger partial charge on any atom is 0.255 e. The van der Waals surface area contributed by atoms with Gasteiger partial charge in [0.2, 0.25) is 0 Å². The van der Waals surface area contributed by atoms with E-state index >= 15 is 0 Å². The van der Waals surface area contributed by atoms with Crippen LogP contribution in [0.4, 0.5) is 5.69 Å². The molecule has 1 aromatic heterocycles. The van der Waals surface area contributed by atoms with Gasteiger partial charge in [-0.1, -0.05) is 30.3 Å². The normalized spacial score (nSPS) is 14.5. The van der Waals surface area contributed by atoms with E-state index in [1.165, 1.54) is 12.0 Å². The van der Waals surface area contributed by atoms with Crippen molar-refractivity contribution in [1.29, 1.82) is 0 Å². The fraction of sp³-hybridized carbons (Fsp3) is 0.368. The van der Waals surface area contributed by atoms with Gasteiger partial charge in [0.15, 0.2) is 0 Å². The number of nitrogens with zero attached hydrogens (tertiary/aromatic N) is 2. The van der Waals surface area contributed by atoms with Crippen LogP contribution in [0.15, 0.2) is 48.8 Å². The first-order valence-electron chi connectivity index (χ1n) is 8.35. The van der Waals surface area contributed by atoms with Crippen LogP contribution < -0.4 is 5.32 Å². The van der Waals surface area contributed by atoms with E-state index in [0.717, 1.165) is 44.6 Å². The highest BCUT2D eigenvalue weighted by Gasteiger charge is 2.18. The Bertz CT molecular complexity index is 636. The molecule has 0 bridgehead atoms. The van der Waals surface area contributed by atoms with E-state index in [4.69, 9.17) is 0 Å². The molecule has 0 atom stereocenters. The largest absolute Gasteiger partial charge is 0.383 e. The Kier molecular flexibility index (Phi) is 5.25. The van der Waals surface area contributed by atoms with Gasteiger partial charge < -0.3 is 10.2 Å². The maximum absolute atomic E-state index is 12.5. The van der Waals surface area contributed by atoms with E-state index in [1.807, 2.05) is 17.0 Å². The summed E-state index contributed by atoms with van der Waals surface area (Å²) in [5.41, 5.74) is 2.88. The Morgan fingerprint density at radius 1 is 1.09 bits per heavy atom. The van der Waals surface area contributed by atoms with Gasteiger partial charge in [-0.05, 0) is 37.3 Å². The summed E-state index contributed by atoms with van der Waals surface area (Å²) in [5, 5.41) is 3.36. The van der Waals surface area contributed by atoms with E-state index in [1.54, 1.807) is 12.4 Å². The van der Waals surface area contributed by atoms with Crippen molar-refractivity contribution in [2.45, 2.75) is 25.7 Å². The quantitative estimate of drug-likeness (QED) is 0.921. The van der Waals surface area contributed by atoms with Crippen LogP contribution in [0.2, 0.25) is 0 Å². The maximum atomic E-state index is 12.5. The first kappa shape index (κ1) is 15.5. The van der Waals surface area contributed by atoms with Crippen molar-refractivity contribution in [1.82, 2.24) is 9.88 Å². The lowest BCUT2D eigenvalue weighted by Crippen LogP contribution is -2.35. The van der Waals surface area contributed by atoms with E-state index in [2.05, 4.69) is 34.6 Å². The van der Waals surface area contributed by atoms with E-state index < -0.39 is 0 Å². The molecule has 2 aromatic rings. The molecule has 0 aliphatic carbocycles. The minimum atomic E-state index is 0.101. The Hall–Kier alpha value is -2.36. The third kappa shape index (κ3) is 4.31. The summed E-state index contributed by atoms with van der Waals surface area (Å²) in [4.78, 5) is 18.7. The lowest BCUT2D eigenvalue weighted by atomic mass is 10.1. The minimum absolute atomic E-state index is 0.101. The number of carbonyl (C=O) groups is 1. The van der Waals surface area contributed by atoms with Crippen LogP contribution >= 0.6 is 0 Å². The topological polar surface area (TPSA) is 45.2 Å². The highest BCUT2D eigenvalue weighted by Crippen LogP contribution is 2.15. The molecular formula is C19H23N3O. The van der Waals surface area contributed by atoms with Crippen molar-refractivity contribution in [2.75, 3.05) is 25.0 Å². The van der Waals surface area contributed by atoms with Crippen LogP contribution in [0.25, 0.3) is 0 Å². The molecule has 0 spiro atoms. The van der Waals surface area contributed by atoms with Crippen molar-refractivity contribution in [3.63, 3.8) is 0 Å². The van der Waals surface area contributed by atoms with Crippen LogP contribution in [0.1, 0.15) is 35.2 Å². The molecule has 1 N–H and O–H groups in total. The molecule has 0 saturated carbocycles. The zero-order valence-corrected chi connectivity index (χ0v) is 13.4. The zero-order chi connectivity index (χ0) is 15.9. The molecule has 1 aliphatic heterocycles. The lowest BCUT2D eigenvalue weighted by molar-refractivity contribution is 0.0724. The molecule has 23 heavy (non-hydrogen) atoms. The van der Waals surface area contributed by atoms with Crippen molar-refractivity contribution in [3.05, 3.63) is 59.9 Å². The van der Waals surface area contributed by atoms with Crippen molar-refractivity contribution in [3.8, 4) is 0 Å². The Morgan fingerprint density at radius 2 is 1.87 bits per heavy atom. The molecule has 2 heterocycles. The van der Waals surface area contributed by atoms with Crippen LogP contribution in [0.3, 0.4) is 0 Å². The molecule has 1 aliphatic rings. The molecule has 1 saturated heterocycles. The Balaban J connectivity index is 1.57. The van der Waals surface area contributed by atoms with Gasteiger partial charge in [-0.25, -0.2) is 0 Å².